The lowest BCUT2D eigenvalue weighted by Gasteiger charge is -2.06. The van der Waals surface area contributed by atoms with E-state index in [1.165, 1.54) is 0 Å². The van der Waals surface area contributed by atoms with E-state index in [2.05, 4.69) is 21.1 Å². The van der Waals surface area contributed by atoms with Crippen molar-refractivity contribution in [1.29, 1.82) is 0 Å². The molecule has 8 nitrogen and oxygen atoms in total. The Morgan fingerprint density at radius 3 is 1.53 bits per heavy atom. The molecular weight excluding hydrogens is 408 g/mol. The number of amides is 2. The summed E-state index contributed by atoms with van der Waals surface area (Å²) in [7, 11) is 3.20. The molecule has 0 heterocycles. The van der Waals surface area contributed by atoms with Gasteiger partial charge in [-0.3, -0.25) is 9.59 Å². The topological polar surface area (TPSA) is 101 Å². The molecular formula is C24H30N4O4. The molecule has 0 aromatic heterocycles. The van der Waals surface area contributed by atoms with Crippen LogP contribution >= 0.6 is 0 Å². The molecule has 2 rings (SSSR count). The minimum atomic E-state index is -0.195. The predicted molar refractivity (Wildman–Crippen MR) is 125 cm³/mol. The second-order valence-electron chi connectivity index (χ2n) is 7.14. The van der Waals surface area contributed by atoms with Crippen LogP contribution in [-0.2, 0) is 9.59 Å². The summed E-state index contributed by atoms with van der Waals surface area (Å²) in [5.74, 6) is 1.06. The first-order valence-electron chi connectivity index (χ1n) is 10.4. The van der Waals surface area contributed by atoms with E-state index < -0.39 is 0 Å². The van der Waals surface area contributed by atoms with Crippen molar-refractivity contribution in [3.63, 3.8) is 0 Å². The highest BCUT2D eigenvalue weighted by molar-refractivity contribution is 6.00. The zero-order chi connectivity index (χ0) is 23.3. The fourth-order valence-electron chi connectivity index (χ4n) is 2.80. The highest BCUT2D eigenvalue weighted by atomic mass is 16.5. The molecule has 2 N–H and O–H groups in total. The van der Waals surface area contributed by atoms with Gasteiger partial charge in [-0.1, -0.05) is 24.3 Å². The monoisotopic (exact) mass is 438 g/mol. The fourth-order valence-corrected chi connectivity index (χ4v) is 2.80. The van der Waals surface area contributed by atoms with Gasteiger partial charge < -0.3 is 9.47 Å². The number of hydrazone groups is 2. The normalized spacial score (nSPS) is 11.6. The maximum absolute atomic E-state index is 12.0. The van der Waals surface area contributed by atoms with E-state index in [-0.39, 0.29) is 24.7 Å². The van der Waals surface area contributed by atoms with Crippen LogP contribution in [0.5, 0.6) is 11.5 Å². The Balaban J connectivity index is 1.69. The van der Waals surface area contributed by atoms with Crippen LogP contribution < -0.4 is 20.3 Å². The van der Waals surface area contributed by atoms with E-state index >= 15 is 0 Å². The Hall–Kier alpha value is -3.68. The van der Waals surface area contributed by atoms with Crippen LogP contribution in [0.1, 0.15) is 50.7 Å². The van der Waals surface area contributed by atoms with E-state index in [1.54, 1.807) is 14.2 Å². The molecule has 2 aromatic carbocycles. The molecule has 0 radical (unpaired) electrons. The number of hydrogen-bond acceptors (Lipinski definition) is 6. The van der Waals surface area contributed by atoms with Gasteiger partial charge in [0, 0.05) is 24.0 Å². The Morgan fingerprint density at radius 2 is 1.16 bits per heavy atom. The molecule has 170 valence electrons. The first-order chi connectivity index (χ1) is 15.4. The van der Waals surface area contributed by atoms with Crippen molar-refractivity contribution < 1.29 is 19.1 Å². The zero-order valence-electron chi connectivity index (χ0n) is 19.0. The van der Waals surface area contributed by atoms with Crippen LogP contribution in [0.4, 0.5) is 0 Å². The van der Waals surface area contributed by atoms with Crippen LogP contribution in [0.2, 0.25) is 0 Å². The molecule has 0 saturated heterocycles. The first-order valence-corrected chi connectivity index (χ1v) is 10.4. The maximum atomic E-state index is 12.0. The second-order valence-corrected chi connectivity index (χ2v) is 7.14. The molecule has 0 unspecified atom stereocenters. The molecule has 0 saturated carbocycles. The quantitative estimate of drug-likeness (QED) is 0.318. The van der Waals surface area contributed by atoms with Gasteiger partial charge in [0.05, 0.1) is 25.6 Å². The summed E-state index contributed by atoms with van der Waals surface area (Å²) in [4.78, 5) is 24.0. The van der Waals surface area contributed by atoms with E-state index in [4.69, 9.17) is 9.47 Å². The Morgan fingerprint density at radius 1 is 0.750 bits per heavy atom. The molecule has 0 spiro atoms. The number of benzene rings is 2. The molecule has 0 atom stereocenters. The summed E-state index contributed by atoms with van der Waals surface area (Å²) in [6.07, 6.45) is 1.72. The average molecular weight is 439 g/mol. The minimum Gasteiger partial charge on any atom is -0.497 e. The van der Waals surface area contributed by atoms with Crippen molar-refractivity contribution in [2.45, 2.75) is 39.5 Å². The Labute approximate surface area is 188 Å². The summed E-state index contributed by atoms with van der Waals surface area (Å²) >= 11 is 0. The van der Waals surface area contributed by atoms with Gasteiger partial charge in [-0.15, -0.1) is 0 Å². The van der Waals surface area contributed by atoms with Gasteiger partial charge in [-0.05, 0) is 51.0 Å². The number of ether oxygens (including phenoxy) is 2. The molecule has 2 aromatic rings. The summed E-state index contributed by atoms with van der Waals surface area (Å²) in [5.41, 5.74) is 8.20. The third-order valence-corrected chi connectivity index (χ3v) is 4.73. The molecule has 0 aliphatic rings. The van der Waals surface area contributed by atoms with Crippen molar-refractivity contribution in [1.82, 2.24) is 10.9 Å². The van der Waals surface area contributed by atoms with Gasteiger partial charge in [0.25, 0.3) is 0 Å². The van der Waals surface area contributed by atoms with Crippen LogP contribution in [0.3, 0.4) is 0 Å². The number of carbonyl (C=O) groups is 2. The number of rotatable bonds is 11. The van der Waals surface area contributed by atoms with Crippen LogP contribution in [0.15, 0.2) is 58.7 Å². The Kier molecular flexibility index (Phi) is 9.90. The zero-order valence-corrected chi connectivity index (χ0v) is 19.0. The number of nitrogens with one attached hydrogen (secondary N) is 2. The molecule has 0 aliphatic heterocycles. The molecule has 2 amide bonds. The van der Waals surface area contributed by atoms with E-state index in [9.17, 15) is 9.59 Å². The standard InChI is InChI=1S/C24H30N4O4/c1-17(19-9-7-11-21(15-19)31-3)25-27-23(29)13-5-6-14-24(30)28-26-18(2)20-10-8-12-22(16-20)32-4/h7-12,15-16H,5-6,13-14H2,1-4H3,(H,27,29)(H,28,30). The summed E-state index contributed by atoms with van der Waals surface area (Å²) in [6.45, 7) is 3.63. The molecule has 0 aliphatic carbocycles. The summed E-state index contributed by atoms with van der Waals surface area (Å²) < 4.78 is 10.4. The van der Waals surface area contributed by atoms with Crippen molar-refractivity contribution in [3.8, 4) is 11.5 Å². The van der Waals surface area contributed by atoms with Gasteiger partial charge in [0.2, 0.25) is 11.8 Å². The smallest absolute Gasteiger partial charge is 0.240 e. The molecule has 0 bridgehead atoms. The second kappa shape index (κ2) is 12.9. The van der Waals surface area contributed by atoms with Crippen molar-refractivity contribution in [2.75, 3.05) is 14.2 Å². The highest BCUT2D eigenvalue weighted by Crippen LogP contribution is 2.14. The van der Waals surface area contributed by atoms with Crippen LogP contribution in [0, 0.1) is 0 Å². The third-order valence-electron chi connectivity index (χ3n) is 4.73. The molecule has 32 heavy (non-hydrogen) atoms. The van der Waals surface area contributed by atoms with Crippen molar-refractivity contribution in [3.05, 3.63) is 59.7 Å². The van der Waals surface area contributed by atoms with Crippen molar-refractivity contribution >= 4 is 23.2 Å². The van der Waals surface area contributed by atoms with Crippen LogP contribution in [-0.4, -0.2) is 37.5 Å². The summed E-state index contributed by atoms with van der Waals surface area (Å²) in [6, 6.07) is 14.9. The third kappa shape index (κ3) is 8.22. The lowest BCUT2D eigenvalue weighted by molar-refractivity contribution is -0.123. The van der Waals surface area contributed by atoms with Crippen molar-refractivity contribution in [2.24, 2.45) is 10.2 Å². The minimum absolute atomic E-state index is 0.195. The lowest BCUT2D eigenvalue weighted by atomic mass is 10.1. The predicted octanol–water partition coefficient (Wildman–Crippen LogP) is 3.64. The van der Waals surface area contributed by atoms with Gasteiger partial charge >= 0.3 is 0 Å². The first kappa shape index (κ1) is 24.6. The number of unbranched alkanes of at least 4 members (excludes halogenated alkanes) is 1. The largest absolute Gasteiger partial charge is 0.497 e. The lowest BCUT2D eigenvalue weighted by Crippen LogP contribution is -2.20. The average Bonchev–Trinajstić information content (AvgIpc) is 2.83. The highest BCUT2D eigenvalue weighted by Gasteiger charge is 2.06. The van der Waals surface area contributed by atoms with Gasteiger partial charge in [-0.25, -0.2) is 10.9 Å². The Bertz CT molecular complexity index is 906. The number of carbonyl (C=O) groups excluding carboxylic acids is 2. The maximum Gasteiger partial charge on any atom is 0.240 e. The van der Waals surface area contributed by atoms with Gasteiger partial charge in [0.15, 0.2) is 0 Å². The molecule has 8 heteroatoms. The SMILES string of the molecule is COc1cccc(C(C)=NNC(=O)CCCCC(=O)NN=C(C)c2cccc(OC)c2)c1. The van der Waals surface area contributed by atoms with E-state index in [0.717, 1.165) is 22.6 Å². The number of hydrogen-bond donors (Lipinski definition) is 2. The van der Waals surface area contributed by atoms with Gasteiger partial charge in [-0.2, -0.15) is 10.2 Å². The van der Waals surface area contributed by atoms with Gasteiger partial charge in [0.1, 0.15) is 11.5 Å². The van der Waals surface area contributed by atoms with E-state index in [0.29, 0.717) is 24.3 Å². The number of methoxy groups -OCH3 is 2. The summed E-state index contributed by atoms with van der Waals surface area (Å²) in [5, 5.41) is 8.26. The number of nitrogens with zero attached hydrogens (tertiary/aromatic N) is 2. The van der Waals surface area contributed by atoms with Crippen LogP contribution in [0.25, 0.3) is 0 Å². The molecule has 0 fully saturated rings. The fraction of sp³-hybridized carbons (Fsp3) is 0.333. The van der Waals surface area contributed by atoms with E-state index in [1.807, 2.05) is 62.4 Å².